The van der Waals surface area contributed by atoms with Gasteiger partial charge in [-0.25, -0.2) is 0 Å². The molecule has 304 valence electrons. The number of carboxylic acid groups (broad SMARTS) is 1. The Labute approximate surface area is 320 Å². The molecule has 0 N–H and O–H groups in total. The van der Waals surface area contributed by atoms with E-state index in [4.69, 9.17) is 14.2 Å². The van der Waals surface area contributed by atoms with Crippen molar-refractivity contribution in [3.8, 4) is 0 Å². The molecular formula is C44H81NO7. The summed E-state index contributed by atoms with van der Waals surface area (Å²) < 4.78 is 17.1. The molecule has 0 aliphatic carbocycles. The molecule has 52 heavy (non-hydrogen) atoms. The third-order valence-electron chi connectivity index (χ3n) is 9.59. The van der Waals surface area contributed by atoms with Gasteiger partial charge < -0.3 is 28.6 Å². The number of aliphatic carboxylic acids is 1. The monoisotopic (exact) mass is 736 g/mol. The molecule has 0 saturated carbocycles. The highest BCUT2D eigenvalue weighted by molar-refractivity contribution is 5.70. The van der Waals surface area contributed by atoms with Crippen LogP contribution in [0.25, 0.3) is 0 Å². The fraction of sp³-hybridized carbons (Fsp3) is 0.841. The zero-order valence-electron chi connectivity index (χ0n) is 34.5. The molecule has 8 heteroatoms. The van der Waals surface area contributed by atoms with Crippen molar-refractivity contribution in [2.75, 3.05) is 41.0 Å². The first-order valence-electron chi connectivity index (χ1n) is 21.4. The van der Waals surface area contributed by atoms with E-state index >= 15 is 0 Å². The van der Waals surface area contributed by atoms with Crippen molar-refractivity contribution in [1.82, 2.24) is 0 Å². The molecule has 0 fully saturated rings. The van der Waals surface area contributed by atoms with Gasteiger partial charge in [0.25, 0.3) is 0 Å². The Balaban J connectivity index is 4.38. The summed E-state index contributed by atoms with van der Waals surface area (Å²) in [5.41, 5.74) is 0. The maximum Gasteiger partial charge on any atom is 0.306 e. The van der Waals surface area contributed by atoms with Gasteiger partial charge in [-0.05, 0) is 44.9 Å². The lowest BCUT2D eigenvalue weighted by atomic mass is 10.0. The van der Waals surface area contributed by atoms with Crippen molar-refractivity contribution in [3.05, 3.63) is 24.3 Å². The summed E-state index contributed by atoms with van der Waals surface area (Å²) >= 11 is 0. The number of nitrogens with zero attached hydrogens (tertiary/aromatic N) is 1. The molecule has 0 spiro atoms. The molecule has 0 amide bonds. The first-order valence-corrected chi connectivity index (χ1v) is 21.4. The standard InChI is InChI=1S/C44H81NO7/c1-6-8-10-12-14-16-18-20-21-23-25-27-29-31-33-35-43(47)52-40(38-50-37-36-41(44(48)49)45(3,4)5)39-51-42(46)34-32-30-28-26-24-22-19-17-15-13-11-9-7-2/h14,16,20-21,40-41H,6-13,15,17-19,22-39H2,1-5H3/b16-14-,21-20-/t40-,41?/m0/s1. The largest absolute Gasteiger partial charge is 0.544 e. The predicted molar refractivity (Wildman–Crippen MR) is 213 cm³/mol. The molecule has 1 unspecified atom stereocenters. The highest BCUT2D eigenvalue weighted by Crippen LogP contribution is 2.14. The second-order valence-electron chi connectivity index (χ2n) is 15.6. The molecule has 0 aromatic carbocycles. The number of rotatable bonds is 38. The van der Waals surface area contributed by atoms with Crippen LogP contribution in [-0.2, 0) is 28.6 Å². The van der Waals surface area contributed by atoms with Crippen LogP contribution < -0.4 is 5.11 Å². The molecule has 8 nitrogen and oxygen atoms in total. The Morgan fingerprint density at radius 3 is 1.52 bits per heavy atom. The predicted octanol–water partition coefficient (Wildman–Crippen LogP) is 9.97. The van der Waals surface area contributed by atoms with Crippen LogP contribution in [0.1, 0.15) is 187 Å². The van der Waals surface area contributed by atoms with Gasteiger partial charge in [-0.15, -0.1) is 0 Å². The lowest BCUT2D eigenvalue weighted by molar-refractivity contribution is -0.889. The molecule has 0 aliphatic heterocycles. The average Bonchev–Trinajstić information content (AvgIpc) is 3.09. The number of allylic oxidation sites excluding steroid dienone is 4. The summed E-state index contributed by atoms with van der Waals surface area (Å²) in [4.78, 5) is 36.8. The van der Waals surface area contributed by atoms with E-state index in [-0.39, 0.29) is 42.7 Å². The van der Waals surface area contributed by atoms with Gasteiger partial charge in [-0.1, -0.05) is 147 Å². The van der Waals surface area contributed by atoms with Crippen molar-refractivity contribution < 1.29 is 38.2 Å². The number of unbranched alkanes of at least 4 members (excludes halogenated alkanes) is 20. The fourth-order valence-electron chi connectivity index (χ4n) is 6.22. The molecule has 0 bridgehead atoms. The minimum absolute atomic E-state index is 0.0385. The maximum atomic E-state index is 12.7. The first kappa shape index (κ1) is 49.8. The van der Waals surface area contributed by atoms with Crippen molar-refractivity contribution in [2.45, 2.75) is 199 Å². The van der Waals surface area contributed by atoms with Gasteiger partial charge >= 0.3 is 11.9 Å². The Morgan fingerprint density at radius 1 is 0.577 bits per heavy atom. The summed E-state index contributed by atoms with van der Waals surface area (Å²) in [7, 11) is 5.40. The van der Waals surface area contributed by atoms with Crippen LogP contribution in [0.5, 0.6) is 0 Å². The van der Waals surface area contributed by atoms with E-state index < -0.39 is 18.1 Å². The number of likely N-dealkylation sites (N-methyl/N-ethyl adjacent to an activating group) is 1. The van der Waals surface area contributed by atoms with E-state index in [1.54, 1.807) is 21.1 Å². The Morgan fingerprint density at radius 2 is 1.02 bits per heavy atom. The number of carbonyl (C=O) groups is 3. The van der Waals surface area contributed by atoms with Crippen LogP contribution in [0.2, 0.25) is 0 Å². The van der Waals surface area contributed by atoms with Gasteiger partial charge in [0.1, 0.15) is 12.6 Å². The topological polar surface area (TPSA) is 102 Å². The van der Waals surface area contributed by atoms with E-state index in [9.17, 15) is 19.5 Å². The fourth-order valence-corrected chi connectivity index (χ4v) is 6.22. The summed E-state index contributed by atoms with van der Waals surface area (Å²) in [6.45, 7) is 4.62. The van der Waals surface area contributed by atoms with Crippen LogP contribution in [0.15, 0.2) is 24.3 Å². The Bertz CT molecular complexity index is 911. The zero-order valence-corrected chi connectivity index (χ0v) is 34.5. The number of hydrogen-bond donors (Lipinski definition) is 0. The summed E-state index contributed by atoms with van der Waals surface area (Å²) in [6.07, 6.45) is 37.6. The van der Waals surface area contributed by atoms with E-state index in [0.717, 1.165) is 64.2 Å². The zero-order chi connectivity index (χ0) is 38.5. The maximum absolute atomic E-state index is 12.7. The lowest BCUT2D eigenvalue weighted by Crippen LogP contribution is -2.55. The number of ether oxygens (including phenoxy) is 3. The summed E-state index contributed by atoms with van der Waals surface area (Å²) in [5.74, 6) is -1.75. The second kappa shape index (κ2) is 35.8. The molecule has 0 rings (SSSR count). The highest BCUT2D eigenvalue weighted by atomic mass is 16.6. The number of carbonyl (C=O) groups excluding carboxylic acids is 3. The molecule has 0 aromatic rings. The van der Waals surface area contributed by atoms with E-state index in [1.807, 2.05) is 0 Å². The molecule has 0 radical (unpaired) electrons. The van der Waals surface area contributed by atoms with Gasteiger partial charge in [-0.3, -0.25) is 9.59 Å². The Kier molecular flexibility index (Phi) is 34.3. The third-order valence-corrected chi connectivity index (χ3v) is 9.59. The lowest BCUT2D eigenvalue weighted by Gasteiger charge is -2.34. The average molecular weight is 736 g/mol. The normalized spacial score (nSPS) is 13.2. The summed E-state index contributed by atoms with van der Waals surface area (Å²) in [5, 5.41) is 11.6. The Hall–Kier alpha value is -2.19. The smallest absolute Gasteiger partial charge is 0.306 e. The van der Waals surface area contributed by atoms with Crippen molar-refractivity contribution in [1.29, 1.82) is 0 Å². The number of hydrogen-bond acceptors (Lipinski definition) is 7. The summed E-state index contributed by atoms with van der Waals surface area (Å²) in [6, 6.07) is -0.725. The molecular weight excluding hydrogens is 654 g/mol. The molecule has 0 aromatic heterocycles. The number of quaternary nitrogens is 1. The quantitative estimate of drug-likeness (QED) is 0.0269. The first-order chi connectivity index (χ1) is 25.1. The van der Waals surface area contributed by atoms with Crippen molar-refractivity contribution in [3.63, 3.8) is 0 Å². The van der Waals surface area contributed by atoms with Gasteiger partial charge in [0.05, 0.1) is 40.3 Å². The molecule has 0 saturated heterocycles. The van der Waals surface area contributed by atoms with Crippen LogP contribution in [0.3, 0.4) is 0 Å². The van der Waals surface area contributed by atoms with Crippen molar-refractivity contribution >= 4 is 17.9 Å². The van der Waals surface area contributed by atoms with Crippen LogP contribution >= 0.6 is 0 Å². The van der Waals surface area contributed by atoms with E-state index in [0.29, 0.717) is 12.8 Å². The number of esters is 2. The second-order valence-corrected chi connectivity index (χ2v) is 15.6. The van der Waals surface area contributed by atoms with Gasteiger partial charge in [-0.2, -0.15) is 0 Å². The van der Waals surface area contributed by atoms with Gasteiger partial charge in [0.15, 0.2) is 6.10 Å². The van der Waals surface area contributed by atoms with E-state index in [2.05, 4.69) is 38.2 Å². The van der Waals surface area contributed by atoms with Crippen LogP contribution in [-0.4, -0.2) is 75.5 Å². The van der Waals surface area contributed by atoms with Gasteiger partial charge in [0, 0.05) is 19.3 Å². The van der Waals surface area contributed by atoms with Crippen LogP contribution in [0, 0.1) is 0 Å². The molecule has 0 heterocycles. The van der Waals surface area contributed by atoms with Gasteiger partial charge in [0.2, 0.25) is 0 Å². The SMILES string of the molecule is CCCCC/C=C\C/C=C\CCCCCCCC(=O)O[C@@H](COCCC(C(=O)[O-])[N+](C)(C)C)COC(=O)CCCCCCCCCCCCCCC. The minimum Gasteiger partial charge on any atom is -0.544 e. The molecule has 2 atom stereocenters. The highest BCUT2D eigenvalue weighted by Gasteiger charge is 2.25. The number of carboxylic acids is 1. The van der Waals surface area contributed by atoms with E-state index in [1.165, 1.54) is 89.9 Å². The third kappa shape index (κ3) is 33.6. The molecule has 0 aliphatic rings. The minimum atomic E-state index is -1.13. The van der Waals surface area contributed by atoms with Crippen LogP contribution in [0.4, 0.5) is 0 Å². The van der Waals surface area contributed by atoms with Crippen molar-refractivity contribution in [2.24, 2.45) is 0 Å².